The first-order valence-corrected chi connectivity index (χ1v) is 13.2. The van der Waals surface area contributed by atoms with Crippen LogP contribution in [0.1, 0.15) is 18.4 Å². The molecular formula is C21H29Cl2N3O5S. The van der Waals surface area contributed by atoms with Gasteiger partial charge in [0.1, 0.15) is 0 Å². The number of benzene rings is 1. The summed E-state index contributed by atoms with van der Waals surface area (Å²) in [6.45, 7) is 2.87. The SMILES string of the molecule is O=C(NCCCc1ccc(Cl)c(Cl)c1)C1=C(O)C(=O)N(CCCN2CCS(O)(O)CC2)C1. The molecule has 0 aromatic heterocycles. The zero-order valence-corrected chi connectivity index (χ0v) is 20.1. The van der Waals surface area contributed by atoms with Crippen LogP contribution in [0.3, 0.4) is 0 Å². The molecule has 8 nitrogen and oxygen atoms in total. The molecule has 0 unspecified atom stereocenters. The monoisotopic (exact) mass is 505 g/mol. The molecule has 4 N–H and O–H groups in total. The van der Waals surface area contributed by atoms with Gasteiger partial charge in [0.2, 0.25) is 0 Å². The van der Waals surface area contributed by atoms with Gasteiger partial charge in [-0.15, -0.1) is 0 Å². The topological polar surface area (TPSA) is 113 Å². The summed E-state index contributed by atoms with van der Waals surface area (Å²) in [6.07, 6.45) is 2.06. The van der Waals surface area contributed by atoms with E-state index >= 15 is 0 Å². The molecule has 1 aromatic carbocycles. The average Bonchev–Trinajstić information content (AvgIpc) is 3.03. The molecule has 2 aliphatic heterocycles. The maximum absolute atomic E-state index is 12.4. The predicted molar refractivity (Wildman–Crippen MR) is 128 cm³/mol. The lowest BCUT2D eigenvalue weighted by molar-refractivity contribution is -0.127. The van der Waals surface area contributed by atoms with Gasteiger partial charge in [0.05, 0.1) is 33.7 Å². The molecule has 1 aromatic rings. The number of amides is 2. The molecule has 2 aliphatic rings. The van der Waals surface area contributed by atoms with Gasteiger partial charge in [-0.3, -0.25) is 18.7 Å². The average molecular weight is 506 g/mol. The molecule has 11 heteroatoms. The number of hydrogen-bond acceptors (Lipinski definition) is 6. The number of aliphatic hydroxyl groups is 1. The summed E-state index contributed by atoms with van der Waals surface area (Å²) in [6, 6.07) is 5.41. The van der Waals surface area contributed by atoms with E-state index in [0.717, 1.165) is 12.1 Å². The fourth-order valence-corrected chi connectivity index (χ4v) is 5.37. The standard InChI is InChI=1S/C21H29Cl2N3O5S/c22-17-5-4-15(13-18(17)23)3-1-6-24-20(28)16-14-26(21(29)19(16)27)8-2-7-25-9-11-32(30,31)12-10-25/h4-5,13,27,30-31H,1-3,6-12,14H2,(H,24,28). The van der Waals surface area contributed by atoms with Gasteiger partial charge >= 0.3 is 0 Å². The molecule has 3 rings (SSSR count). The Bertz CT molecular complexity index is 886. The number of aliphatic hydroxyl groups excluding tert-OH is 1. The molecule has 178 valence electrons. The Morgan fingerprint density at radius 2 is 1.81 bits per heavy atom. The Kier molecular flexibility index (Phi) is 8.71. The molecule has 1 saturated heterocycles. The predicted octanol–water partition coefficient (Wildman–Crippen LogP) is 3.15. The minimum atomic E-state index is -2.42. The summed E-state index contributed by atoms with van der Waals surface area (Å²) < 4.78 is 19.3. The first-order valence-electron chi connectivity index (χ1n) is 10.6. The Morgan fingerprint density at radius 1 is 1.09 bits per heavy atom. The van der Waals surface area contributed by atoms with E-state index in [1.807, 2.05) is 6.07 Å². The first-order chi connectivity index (χ1) is 15.2. The smallest absolute Gasteiger partial charge is 0.289 e. The van der Waals surface area contributed by atoms with Crippen molar-refractivity contribution >= 4 is 45.6 Å². The van der Waals surface area contributed by atoms with Crippen LogP contribution >= 0.6 is 33.8 Å². The first kappa shape index (κ1) is 25.1. The van der Waals surface area contributed by atoms with Crippen molar-refractivity contribution in [2.45, 2.75) is 19.3 Å². The Hall–Kier alpha value is -1.49. The summed E-state index contributed by atoms with van der Waals surface area (Å²) in [7, 11) is -2.42. The van der Waals surface area contributed by atoms with Crippen LogP contribution in [0.15, 0.2) is 29.5 Å². The molecule has 1 fully saturated rings. The highest BCUT2D eigenvalue weighted by Crippen LogP contribution is 2.40. The van der Waals surface area contributed by atoms with Crippen molar-refractivity contribution in [1.29, 1.82) is 0 Å². The number of nitrogens with zero attached hydrogens (tertiary/aromatic N) is 2. The van der Waals surface area contributed by atoms with E-state index in [2.05, 4.69) is 10.2 Å². The molecule has 0 radical (unpaired) electrons. The summed E-state index contributed by atoms with van der Waals surface area (Å²) in [4.78, 5) is 28.3. The number of carbonyl (C=O) groups excluding carboxylic acids is 2. The van der Waals surface area contributed by atoms with Crippen LogP contribution in [0.2, 0.25) is 10.0 Å². The van der Waals surface area contributed by atoms with E-state index in [4.69, 9.17) is 23.2 Å². The van der Waals surface area contributed by atoms with E-state index < -0.39 is 28.2 Å². The normalized spacial score (nSPS) is 20.0. The highest BCUT2D eigenvalue weighted by Gasteiger charge is 2.33. The summed E-state index contributed by atoms with van der Waals surface area (Å²) in [5.41, 5.74) is 1.10. The van der Waals surface area contributed by atoms with Crippen LogP contribution < -0.4 is 5.32 Å². The maximum Gasteiger partial charge on any atom is 0.289 e. The summed E-state index contributed by atoms with van der Waals surface area (Å²) in [5, 5.41) is 13.9. The van der Waals surface area contributed by atoms with E-state index in [1.165, 1.54) is 4.90 Å². The molecule has 0 atom stereocenters. The number of aryl methyl sites for hydroxylation is 1. The van der Waals surface area contributed by atoms with Crippen LogP contribution in [-0.2, 0) is 16.0 Å². The van der Waals surface area contributed by atoms with Gasteiger partial charge in [0.15, 0.2) is 5.76 Å². The maximum atomic E-state index is 12.4. The largest absolute Gasteiger partial charge is 0.503 e. The highest BCUT2D eigenvalue weighted by molar-refractivity contribution is 8.24. The lowest BCUT2D eigenvalue weighted by Crippen LogP contribution is -2.40. The Balaban J connectivity index is 1.38. The van der Waals surface area contributed by atoms with Crippen molar-refractivity contribution in [3.8, 4) is 0 Å². The van der Waals surface area contributed by atoms with E-state index in [-0.39, 0.29) is 12.1 Å². The van der Waals surface area contributed by atoms with Crippen LogP contribution in [0.25, 0.3) is 0 Å². The minimum Gasteiger partial charge on any atom is -0.503 e. The second kappa shape index (κ2) is 11.1. The van der Waals surface area contributed by atoms with Crippen molar-refractivity contribution in [3.63, 3.8) is 0 Å². The van der Waals surface area contributed by atoms with Gasteiger partial charge in [-0.2, -0.15) is 10.6 Å². The second-order valence-electron chi connectivity index (χ2n) is 8.07. The van der Waals surface area contributed by atoms with Gasteiger partial charge in [-0.05, 0) is 43.5 Å². The van der Waals surface area contributed by atoms with E-state index in [0.29, 0.717) is 67.0 Å². The number of hydrogen-bond donors (Lipinski definition) is 4. The number of halogens is 2. The van der Waals surface area contributed by atoms with Crippen LogP contribution in [0.5, 0.6) is 0 Å². The molecular weight excluding hydrogens is 477 g/mol. The lowest BCUT2D eigenvalue weighted by Gasteiger charge is -2.41. The van der Waals surface area contributed by atoms with Crippen molar-refractivity contribution in [2.24, 2.45) is 0 Å². The van der Waals surface area contributed by atoms with Crippen molar-refractivity contribution in [3.05, 3.63) is 45.1 Å². The third-order valence-electron chi connectivity index (χ3n) is 5.68. The minimum absolute atomic E-state index is 0.0871. The molecule has 0 saturated carbocycles. The molecule has 0 spiro atoms. The summed E-state index contributed by atoms with van der Waals surface area (Å²) >= 11 is 11.9. The quantitative estimate of drug-likeness (QED) is 0.383. The number of rotatable bonds is 9. The summed E-state index contributed by atoms with van der Waals surface area (Å²) in [5.74, 6) is -0.688. The number of nitrogens with one attached hydrogen (secondary N) is 1. The van der Waals surface area contributed by atoms with Crippen LogP contribution in [-0.4, -0.2) is 86.6 Å². The fraction of sp³-hybridized carbons (Fsp3) is 0.524. The van der Waals surface area contributed by atoms with Gasteiger partial charge < -0.3 is 20.2 Å². The van der Waals surface area contributed by atoms with E-state index in [9.17, 15) is 23.8 Å². The third kappa shape index (κ3) is 6.76. The van der Waals surface area contributed by atoms with Gasteiger partial charge in [0.25, 0.3) is 11.8 Å². The third-order valence-corrected chi connectivity index (χ3v) is 8.09. The highest BCUT2D eigenvalue weighted by atomic mass is 35.5. The van der Waals surface area contributed by atoms with Gasteiger partial charge in [-0.1, -0.05) is 29.3 Å². The zero-order chi connectivity index (χ0) is 23.3. The molecule has 2 amide bonds. The second-order valence-corrected chi connectivity index (χ2v) is 11.3. The Morgan fingerprint density at radius 3 is 2.50 bits per heavy atom. The van der Waals surface area contributed by atoms with E-state index in [1.54, 1.807) is 12.1 Å². The van der Waals surface area contributed by atoms with Crippen LogP contribution in [0.4, 0.5) is 0 Å². The van der Waals surface area contributed by atoms with Gasteiger partial charge in [-0.25, -0.2) is 0 Å². The van der Waals surface area contributed by atoms with Gasteiger partial charge in [0, 0.05) is 26.2 Å². The van der Waals surface area contributed by atoms with Crippen molar-refractivity contribution < 1.29 is 23.8 Å². The molecule has 0 bridgehead atoms. The fourth-order valence-electron chi connectivity index (χ4n) is 3.75. The zero-order valence-electron chi connectivity index (χ0n) is 17.7. The molecule has 2 heterocycles. The van der Waals surface area contributed by atoms with Crippen LogP contribution in [0, 0.1) is 0 Å². The molecule has 32 heavy (non-hydrogen) atoms. The lowest BCUT2D eigenvalue weighted by atomic mass is 10.1. The molecule has 0 aliphatic carbocycles. The van der Waals surface area contributed by atoms with Crippen molar-refractivity contribution in [1.82, 2.24) is 15.1 Å². The Labute approximate surface area is 199 Å². The number of carbonyl (C=O) groups is 2. The van der Waals surface area contributed by atoms with Crippen molar-refractivity contribution in [2.75, 3.05) is 50.8 Å².